The standard InChI is InChI=1S/C13H22N2O3/c1-13(2)6-3-7-15(13)12(18)14-8-4-10(5-9-14)11(16)17/h10H,3-9H2,1-2H3,(H,16,17). The number of aliphatic carboxylic acids is 1. The molecule has 0 aromatic heterocycles. The van der Waals surface area contributed by atoms with Crippen LogP contribution < -0.4 is 0 Å². The maximum atomic E-state index is 12.4. The van der Waals surface area contributed by atoms with Gasteiger partial charge < -0.3 is 14.9 Å². The van der Waals surface area contributed by atoms with E-state index in [9.17, 15) is 9.59 Å². The molecule has 2 saturated heterocycles. The summed E-state index contributed by atoms with van der Waals surface area (Å²) in [5.41, 5.74) is -0.0548. The minimum absolute atomic E-state index is 0.0548. The molecule has 0 aromatic carbocycles. The molecule has 102 valence electrons. The summed E-state index contributed by atoms with van der Waals surface area (Å²) in [5, 5.41) is 8.94. The van der Waals surface area contributed by atoms with Gasteiger partial charge >= 0.3 is 12.0 Å². The molecule has 2 aliphatic heterocycles. The van der Waals surface area contributed by atoms with Crippen molar-refractivity contribution in [1.29, 1.82) is 0 Å². The maximum absolute atomic E-state index is 12.4. The summed E-state index contributed by atoms with van der Waals surface area (Å²) in [6, 6.07) is 0.0846. The molecule has 2 rings (SSSR count). The van der Waals surface area contributed by atoms with E-state index >= 15 is 0 Å². The van der Waals surface area contributed by atoms with Gasteiger partial charge in [-0.15, -0.1) is 0 Å². The van der Waals surface area contributed by atoms with Gasteiger partial charge in [-0.2, -0.15) is 0 Å². The van der Waals surface area contributed by atoms with Crippen LogP contribution in [0.4, 0.5) is 4.79 Å². The molecule has 0 bridgehead atoms. The molecule has 1 N–H and O–H groups in total. The minimum Gasteiger partial charge on any atom is -0.481 e. The maximum Gasteiger partial charge on any atom is 0.320 e. The Balaban J connectivity index is 1.94. The molecule has 0 radical (unpaired) electrons. The third-order valence-electron chi connectivity index (χ3n) is 4.25. The van der Waals surface area contributed by atoms with Crippen molar-refractivity contribution in [1.82, 2.24) is 9.80 Å². The van der Waals surface area contributed by atoms with Crippen molar-refractivity contribution >= 4 is 12.0 Å². The Labute approximate surface area is 108 Å². The molecule has 5 nitrogen and oxygen atoms in total. The number of nitrogens with zero attached hydrogens (tertiary/aromatic N) is 2. The van der Waals surface area contributed by atoms with Crippen LogP contribution >= 0.6 is 0 Å². The molecule has 2 heterocycles. The van der Waals surface area contributed by atoms with Crippen LogP contribution in [0.25, 0.3) is 0 Å². The van der Waals surface area contributed by atoms with E-state index in [1.54, 1.807) is 0 Å². The van der Waals surface area contributed by atoms with Gasteiger partial charge in [0.05, 0.1) is 5.92 Å². The summed E-state index contributed by atoms with van der Waals surface area (Å²) < 4.78 is 0. The quantitative estimate of drug-likeness (QED) is 0.776. The van der Waals surface area contributed by atoms with Crippen LogP contribution in [0.15, 0.2) is 0 Å². The first-order valence-electron chi connectivity index (χ1n) is 6.71. The predicted octanol–water partition coefficient (Wildman–Crippen LogP) is 1.78. The third kappa shape index (κ3) is 2.44. The van der Waals surface area contributed by atoms with E-state index in [-0.39, 0.29) is 17.5 Å². The number of carboxylic acid groups (broad SMARTS) is 1. The summed E-state index contributed by atoms with van der Waals surface area (Å²) in [6.07, 6.45) is 3.26. The summed E-state index contributed by atoms with van der Waals surface area (Å²) in [6.45, 7) is 6.17. The average Bonchev–Trinajstić information content (AvgIpc) is 2.68. The molecule has 2 aliphatic rings. The van der Waals surface area contributed by atoms with Crippen molar-refractivity contribution in [3.63, 3.8) is 0 Å². The van der Waals surface area contributed by atoms with Crippen LogP contribution in [-0.4, -0.2) is 52.1 Å². The van der Waals surface area contributed by atoms with E-state index in [1.165, 1.54) is 0 Å². The first-order chi connectivity index (χ1) is 8.42. The normalized spacial score (nSPS) is 24.3. The number of carbonyl (C=O) groups is 2. The zero-order chi connectivity index (χ0) is 13.3. The number of piperidine rings is 1. The average molecular weight is 254 g/mol. The van der Waals surface area contributed by atoms with E-state index in [4.69, 9.17) is 5.11 Å². The monoisotopic (exact) mass is 254 g/mol. The van der Waals surface area contributed by atoms with Crippen molar-refractivity contribution < 1.29 is 14.7 Å². The molecule has 2 fully saturated rings. The molecule has 0 unspecified atom stereocenters. The minimum atomic E-state index is -0.733. The fraction of sp³-hybridized carbons (Fsp3) is 0.846. The number of amides is 2. The van der Waals surface area contributed by atoms with Gasteiger partial charge in [-0.25, -0.2) is 4.79 Å². The third-order valence-corrected chi connectivity index (χ3v) is 4.25. The second-order valence-electron chi connectivity index (χ2n) is 5.95. The molecule has 0 spiro atoms. The van der Waals surface area contributed by atoms with E-state index in [0.717, 1.165) is 19.4 Å². The van der Waals surface area contributed by atoms with Crippen LogP contribution in [0.2, 0.25) is 0 Å². The summed E-state index contributed by atoms with van der Waals surface area (Å²) in [7, 11) is 0. The molecule has 2 amide bonds. The lowest BCUT2D eigenvalue weighted by molar-refractivity contribution is -0.143. The van der Waals surface area contributed by atoms with Crippen LogP contribution in [0, 0.1) is 5.92 Å². The summed E-state index contributed by atoms with van der Waals surface area (Å²) in [5.74, 6) is -1.01. The number of hydrogen-bond donors (Lipinski definition) is 1. The molecule has 0 aromatic rings. The van der Waals surface area contributed by atoms with Gasteiger partial charge in [-0.1, -0.05) is 0 Å². The van der Waals surface area contributed by atoms with E-state index in [1.807, 2.05) is 9.80 Å². The topological polar surface area (TPSA) is 60.9 Å². The van der Waals surface area contributed by atoms with Crippen molar-refractivity contribution in [2.45, 2.75) is 45.1 Å². The van der Waals surface area contributed by atoms with Gasteiger partial charge in [0.25, 0.3) is 0 Å². The highest BCUT2D eigenvalue weighted by atomic mass is 16.4. The van der Waals surface area contributed by atoms with Gasteiger partial charge in [0.15, 0.2) is 0 Å². The second kappa shape index (κ2) is 4.78. The first-order valence-corrected chi connectivity index (χ1v) is 6.71. The number of hydrogen-bond acceptors (Lipinski definition) is 2. The van der Waals surface area contributed by atoms with Crippen molar-refractivity contribution in [3.8, 4) is 0 Å². The number of likely N-dealkylation sites (tertiary alicyclic amines) is 2. The Bertz CT molecular complexity index is 346. The van der Waals surface area contributed by atoms with Crippen LogP contribution in [0.3, 0.4) is 0 Å². The van der Waals surface area contributed by atoms with E-state index < -0.39 is 5.97 Å². The van der Waals surface area contributed by atoms with Crippen molar-refractivity contribution in [2.75, 3.05) is 19.6 Å². The molecule has 0 saturated carbocycles. The number of carboxylic acids is 1. The smallest absolute Gasteiger partial charge is 0.320 e. The van der Waals surface area contributed by atoms with Crippen LogP contribution in [0.5, 0.6) is 0 Å². The fourth-order valence-corrected chi connectivity index (χ4v) is 2.95. The molecule has 0 aliphatic carbocycles. The highest BCUT2D eigenvalue weighted by molar-refractivity contribution is 5.76. The lowest BCUT2D eigenvalue weighted by Crippen LogP contribution is -2.52. The Morgan fingerprint density at radius 1 is 1.17 bits per heavy atom. The second-order valence-corrected chi connectivity index (χ2v) is 5.95. The Kier molecular flexibility index (Phi) is 3.50. The fourth-order valence-electron chi connectivity index (χ4n) is 2.95. The number of rotatable bonds is 1. The van der Waals surface area contributed by atoms with Gasteiger partial charge in [0.2, 0.25) is 0 Å². The van der Waals surface area contributed by atoms with Gasteiger partial charge in [-0.3, -0.25) is 4.79 Å². The van der Waals surface area contributed by atoms with E-state index in [0.29, 0.717) is 25.9 Å². The lowest BCUT2D eigenvalue weighted by Gasteiger charge is -2.38. The largest absolute Gasteiger partial charge is 0.481 e. The van der Waals surface area contributed by atoms with Crippen molar-refractivity contribution in [3.05, 3.63) is 0 Å². The molecule has 0 atom stereocenters. The van der Waals surface area contributed by atoms with Crippen LogP contribution in [-0.2, 0) is 4.79 Å². The first kappa shape index (κ1) is 13.2. The SMILES string of the molecule is CC1(C)CCCN1C(=O)N1CCC(C(=O)O)CC1. The van der Waals surface area contributed by atoms with Gasteiger partial charge in [-0.05, 0) is 39.5 Å². The number of carbonyl (C=O) groups excluding carboxylic acids is 1. The highest BCUT2D eigenvalue weighted by Crippen LogP contribution is 2.30. The van der Waals surface area contributed by atoms with Crippen molar-refractivity contribution in [2.24, 2.45) is 5.92 Å². The highest BCUT2D eigenvalue weighted by Gasteiger charge is 2.38. The zero-order valence-electron chi connectivity index (χ0n) is 11.2. The van der Waals surface area contributed by atoms with Gasteiger partial charge in [0, 0.05) is 25.2 Å². The van der Waals surface area contributed by atoms with Gasteiger partial charge in [0.1, 0.15) is 0 Å². The zero-order valence-corrected chi connectivity index (χ0v) is 11.2. The molecule has 18 heavy (non-hydrogen) atoms. The molecular weight excluding hydrogens is 232 g/mol. The summed E-state index contributed by atoms with van der Waals surface area (Å²) >= 11 is 0. The predicted molar refractivity (Wildman–Crippen MR) is 67.3 cm³/mol. The Hall–Kier alpha value is -1.26. The number of urea groups is 1. The molecule has 5 heteroatoms. The van der Waals surface area contributed by atoms with Crippen LogP contribution in [0.1, 0.15) is 39.5 Å². The Morgan fingerprint density at radius 2 is 1.78 bits per heavy atom. The Morgan fingerprint density at radius 3 is 2.22 bits per heavy atom. The summed E-state index contributed by atoms with van der Waals surface area (Å²) in [4.78, 5) is 27.0. The molecular formula is C13H22N2O3. The lowest BCUT2D eigenvalue weighted by atomic mass is 9.97. The van der Waals surface area contributed by atoms with E-state index in [2.05, 4.69) is 13.8 Å².